The van der Waals surface area contributed by atoms with Crippen LogP contribution in [0.5, 0.6) is 0 Å². The van der Waals surface area contributed by atoms with Gasteiger partial charge in [0.2, 0.25) is 11.8 Å². The van der Waals surface area contributed by atoms with Crippen LogP contribution in [0.1, 0.15) is 46.9 Å². The van der Waals surface area contributed by atoms with Crippen molar-refractivity contribution < 1.29 is 23.9 Å². The van der Waals surface area contributed by atoms with E-state index < -0.39 is 5.97 Å². The van der Waals surface area contributed by atoms with E-state index in [1.807, 2.05) is 6.92 Å². The summed E-state index contributed by atoms with van der Waals surface area (Å²) in [5.74, 6) is -0.0447. The number of benzene rings is 2. The highest BCUT2D eigenvalue weighted by atomic mass is 16.5. The van der Waals surface area contributed by atoms with Gasteiger partial charge in [0.15, 0.2) is 0 Å². The number of nitrogens with one attached hydrogen (secondary N) is 1. The van der Waals surface area contributed by atoms with Crippen LogP contribution in [0.3, 0.4) is 0 Å². The Hall–Kier alpha value is -3.74. The van der Waals surface area contributed by atoms with Crippen LogP contribution in [0.15, 0.2) is 60.7 Å². The minimum absolute atomic E-state index is 0.116. The van der Waals surface area contributed by atoms with Crippen LogP contribution < -0.4 is 10.2 Å². The first-order chi connectivity index (χ1) is 17.5. The lowest BCUT2D eigenvalue weighted by molar-refractivity contribution is -0.124. The van der Waals surface area contributed by atoms with E-state index in [-0.39, 0.29) is 41.4 Å². The second kappa shape index (κ2) is 8.73. The molecule has 2 bridgehead atoms. The predicted octanol–water partition coefficient (Wildman–Crippen LogP) is 4.45. The summed E-state index contributed by atoms with van der Waals surface area (Å²) in [6.07, 6.45) is 7.17. The number of hydrogen-bond acceptors (Lipinski definition) is 5. The Balaban J connectivity index is 1.14. The van der Waals surface area contributed by atoms with E-state index in [0.717, 1.165) is 19.3 Å². The van der Waals surface area contributed by atoms with Crippen LogP contribution in [0.4, 0.5) is 11.4 Å². The van der Waals surface area contributed by atoms with Crippen LogP contribution in [-0.2, 0) is 14.3 Å². The average molecular weight is 485 g/mol. The lowest BCUT2D eigenvalue weighted by atomic mass is 9.63. The number of ether oxygens (including phenoxy) is 1. The van der Waals surface area contributed by atoms with Crippen molar-refractivity contribution in [1.82, 2.24) is 0 Å². The summed E-state index contributed by atoms with van der Waals surface area (Å²) in [7, 11) is 0. The number of rotatable bonds is 7. The number of esters is 1. The number of hydrogen-bond donors (Lipinski definition) is 1. The maximum atomic E-state index is 13.3. The summed E-state index contributed by atoms with van der Waals surface area (Å²) in [6.45, 7) is 2.38. The van der Waals surface area contributed by atoms with Crippen molar-refractivity contribution in [3.05, 3.63) is 71.8 Å². The monoisotopic (exact) mass is 484 g/mol. The number of carbonyl (C=O) groups is 4. The topological polar surface area (TPSA) is 92.8 Å². The molecular weight excluding hydrogens is 456 g/mol. The summed E-state index contributed by atoms with van der Waals surface area (Å²) in [6, 6.07) is 13.1. The van der Waals surface area contributed by atoms with Crippen molar-refractivity contribution in [3.63, 3.8) is 0 Å². The normalized spacial score (nSPS) is 29.1. The standard InChI is InChI=1S/C29H28N2O5/c1-2-3-13-36-29(35)17-5-4-6-18(14-17)30-26(32)16-7-9-19(10-8-16)31-27(33)24-20-11-12-21(23-15-22(20)23)25(24)28(31)34/h4-12,14,20-25H,2-3,13,15H2,1H3,(H,30,32)/t20-,21+,22-,23-,24+,25+/m1/s1. The molecule has 4 aliphatic carbocycles. The van der Waals surface area contributed by atoms with Crippen molar-refractivity contribution in [3.8, 4) is 0 Å². The molecule has 0 radical (unpaired) electrons. The van der Waals surface area contributed by atoms with Crippen LogP contribution >= 0.6 is 0 Å². The zero-order valence-corrected chi connectivity index (χ0v) is 20.1. The maximum absolute atomic E-state index is 13.3. The average Bonchev–Trinajstić information content (AvgIpc) is 3.67. The van der Waals surface area contributed by atoms with Gasteiger partial charge in [-0.3, -0.25) is 19.3 Å². The first-order valence-electron chi connectivity index (χ1n) is 12.7. The maximum Gasteiger partial charge on any atom is 0.338 e. The molecule has 2 aromatic carbocycles. The Morgan fingerprint density at radius 2 is 1.61 bits per heavy atom. The van der Waals surface area contributed by atoms with Crippen molar-refractivity contribution in [2.24, 2.45) is 35.5 Å². The summed E-state index contributed by atoms with van der Waals surface area (Å²) in [5, 5.41) is 2.80. The number of imide groups is 1. The molecule has 2 aromatic rings. The fourth-order valence-electron chi connectivity index (χ4n) is 6.29. The second-order valence-corrected chi connectivity index (χ2v) is 10.2. The molecule has 184 valence electrons. The number of carbonyl (C=O) groups excluding carboxylic acids is 4. The highest BCUT2D eigenvalue weighted by Crippen LogP contribution is 2.65. The molecule has 5 aliphatic rings. The van der Waals surface area contributed by atoms with Crippen LogP contribution in [-0.4, -0.2) is 30.3 Å². The van der Waals surface area contributed by atoms with Crippen LogP contribution in [0, 0.1) is 35.5 Å². The summed E-state index contributed by atoms with van der Waals surface area (Å²) in [5.41, 5.74) is 1.73. The zero-order chi connectivity index (χ0) is 25.0. The fraction of sp³-hybridized carbons (Fsp3) is 0.379. The lowest BCUT2D eigenvalue weighted by Crippen LogP contribution is -2.40. The number of allylic oxidation sites excluding steroid dienone is 2. The minimum Gasteiger partial charge on any atom is -0.462 e. The van der Waals surface area contributed by atoms with E-state index in [1.54, 1.807) is 48.5 Å². The number of nitrogens with zero attached hydrogens (tertiary/aromatic N) is 1. The molecule has 36 heavy (non-hydrogen) atoms. The highest BCUT2D eigenvalue weighted by Gasteiger charge is 2.67. The van der Waals surface area contributed by atoms with E-state index in [1.165, 1.54) is 4.90 Å². The van der Waals surface area contributed by atoms with Gasteiger partial charge in [-0.1, -0.05) is 31.6 Å². The van der Waals surface area contributed by atoms with Gasteiger partial charge in [-0.25, -0.2) is 4.79 Å². The molecule has 2 saturated carbocycles. The SMILES string of the molecule is CCCCOC(=O)c1cccc(NC(=O)c2ccc(N3C(=O)[C@H]4[C@@H]5C=C[C@@H]([C@H]6C[C@H]56)[C@@H]4C3=O)cc2)c1. The summed E-state index contributed by atoms with van der Waals surface area (Å²) < 4.78 is 5.24. The molecule has 7 rings (SSSR count). The molecule has 0 aromatic heterocycles. The van der Waals surface area contributed by atoms with E-state index in [9.17, 15) is 19.2 Å². The van der Waals surface area contributed by atoms with Gasteiger partial charge < -0.3 is 10.1 Å². The van der Waals surface area contributed by atoms with E-state index >= 15 is 0 Å². The van der Waals surface area contributed by atoms with Crippen LogP contribution in [0.2, 0.25) is 0 Å². The molecule has 1 heterocycles. The zero-order valence-electron chi connectivity index (χ0n) is 20.1. The van der Waals surface area contributed by atoms with Crippen LogP contribution in [0.25, 0.3) is 0 Å². The smallest absolute Gasteiger partial charge is 0.338 e. The van der Waals surface area contributed by atoms with Crippen molar-refractivity contribution in [1.29, 1.82) is 0 Å². The van der Waals surface area contributed by atoms with Gasteiger partial charge >= 0.3 is 5.97 Å². The Morgan fingerprint density at radius 3 is 2.25 bits per heavy atom. The largest absolute Gasteiger partial charge is 0.462 e. The first-order valence-corrected chi connectivity index (χ1v) is 12.7. The molecule has 1 aliphatic heterocycles. The lowest BCUT2D eigenvalue weighted by Gasteiger charge is -2.37. The second-order valence-electron chi connectivity index (χ2n) is 10.2. The first kappa shape index (κ1) is 22.7. The Bertz CT molecular complexity index is 1250. The molecule has 3 fully saturated rings. The molecule has 0 unspecified atom stereocenters. The van der Waals surface area contributed by atoms with Gasteiger partial charge in [0.1, 0.15) is 0 Å². The molecule has 0 spiro atoms. The molecule has 7 heteroatoms. The van der Waals surface area contributed by atoms with Crippen molar-refractivity contribution in [2.75, 3.05) is 16.8 Å². The van der Waals surface area contributed by atoms with Gasteiger partial charge in [0, 0.05) is 11.3 Å². The molecule has 7 nitrogen and oxygen atoms in total. The van der Waals surface area contributed by atoms with Crippen molar-refractivity contribution >= 4 is 35.1 Å². The van der Waals surface area contributed by atoms with Gasteiger partial charge in [0.05, 0.1) is 29.7 Å². The Morgan fingerprint density at radius 1 is 0.944 bits per heavy atom. The molecule has 1 N–H and O–H groups in total. The van der Waals surface area contributed by atoms with E-state index in [4.69, 9.17) is 4.74 Å². The van der Waals surface area contributed by atoms with Gasteiger partial charge in [-0.05, 0) is 79.0 Å². The third-order valence-corrected chi connectivity index (χ3v) is 8.14. The fourth-order valence-corrected chi connectivity index (χ4v) is 6.29. The number of amides is 3. The Kier molecular flexibility index (Phi) is 5.51. The highest BCUT2D eigenvalue weighted by molar-refractivity contribution is 6.22. The van der Waals surface area contributed by atoms with E-state index in [2.05, 4.69) is 17.5 Å². The van der Waals surface area contributed by atoms with Gasteiger partial charge in [-0.15, -0.1) is 0 Å². The third-order valence-electron chi connectivity index (χ3n) is 8.14. The van der Waals surface area contributed by atoms with E-state index in [0.29, 0.717) is 40.9 Å². The molecule has 3 amide bonds. The van der Waals surface area contributed by atoms with Crippen molar-refractivity contribution in [2.45, 2.75) is 26.2 Å². The quantitative estimate of drug-likeness (QED) is 0.271. The summed E-state index contributed by atoms with van der Waals surface area (Å²) >= 11 is 0. The molecule has 6 atom stereocenters. The molecular formula is C29H28N2O5. The van der Waals surface area contributed by atoms with Gasteiger partial charge in [0.25, 0.3) is 5.91 Å². The Labute approximate surface area is 209 Å². The number of unbranched alkanes of at least 4 members (excludes halogenated alkanes) is 1. The predicted molar refractivity (Wildman–Crippen MR) is 133 cm³/mol. The summed E-state index contributed by atoms with van der Waals surface area (Å²) in [4.78, 5) is 52.9. The third kappa shape index (κ3) is 3.65. The number of anilines is 2. The molecule has 1 saturated heterocycles. The minimum atomic E-state index is -0.426. The van der Waals surface area contributed by atoms with Gasteiger partial charge in [-0.2, -0.15) is 0 Å².